The van der Waals surface area contributed by atoms with Crippen LogP contribution in [-0.2, 0) is 4.79 Å². The molecule has 0 spiro atoms. The molecule has 2 aliphatic heterocycles. The highest BCUT2D eigenvalue weighted by atomic mass is 16.3. The molecule has 3 unspecified atom stereocenters. The van der Waals surface area contributed by atoms with Crippen molar-refractivity contribution in [2.24, 2.45) is 5.73 Å². The minimum Gasteiger partial charge on any atom is -0.388 e. The molecule has 0 aromatic heterocycles. The third kappa shape index (κ3) is 1.87. The summed E-state index contributed by atoms with van der Waals surface area (Å²) >= 11 is 0. The number of nitrogens with one attached hydrogen (secondary N) is 1. The fourth-order valence-electron chi connectivity index (χ4n) is 2.53. The van der Waals surface area contributed by atoms with Crippen LogP contribution >= 0.6 is 0 Å². The lowest BCUT2D eigenvalue weighted by Gasteiger charge is -2.51. The van der Waals surface area contributed by atoms with Gasteiger partial charge in [-0.25, -0.2) is 0 Å². The predicted molar refractivity (Wildman–Crippen MR) is 56.2 cm³/mol. The van der Waals surface area contributed by atoms with E-state index in [2.05, 4.69) is 5.32 Å². The number of carbonyl (C=O) groups is 1. The van der Waals surface area contributed by atoms with Crippen molar-refractivity contribution in [3.8, 4) is 0 Å². The van der Waals surface area contributed by atoms with Gasteiger partial charge in [-0.15, -0.1) is 0 Å². The number of nitrogens with two attached hydrogens (primary N) is 1. The van der Waals surface area contributed by atoms with Crippen molar-refractivity contribution in [3.63, 3.8) is 0 Å². The maximum atomic E-state index is 11.1. The largest absolute Gasteiger partial charge is 0.388 e. The van der Waals surface area contributed by atoms with Gasteiger partial charge in [0.15, 0.2) is 0 Å². The second-order valence-electron chi connectivity index (χ2n) is 4.77. The summed E-state index contributed by atoms with van der Waals surface area (Å²) in [6, 6.07) is -0.168. The lowest BCUT2D eigenvalue weighted by atomic mass is 9.84. The van der Waals surface area contributed by atoms with Crippen molar-refractivity contribution in [1.29, 1.82) is 0 Å². The normalized spacial score (nSPS) is 42.3. The average Bonchev–Trinajstić information content (AvgIpc) is 2.05. The number of hydrogen-bond acceptors (Lipinski definition) is 4. The summed E-state index contributed by atoms with van der Waals surface area (Å²) in [5.41, 5.74) is 4.59. The lowest BCUT2D eigenvalue weighted by Crippen LogP contribution is -2.68. The van der Waals surface area contributed by atoms with E-state index in [0.717, 1.165) is 32.5 Å². The van der Waals surface area contributed by atoms with Crippen molar-refractivity contribution in [2.45, 2.75) is 37.5 Å². The molecule has 2 heterocycles. The molecule has 0 radical (unpaired) electrons. The molecule has 15 heavy (non-hydrogen) atoms. The number of amides is 1. The summed E-state index contributed by atoms with van der Waals surface area (Å²) in [7, 11) is 0. The third-order valence-corrected chi connectivity index (χ3v) is 3.65. The predicted octanol–water partition coefficient (Wildman–Crippen LogP) is -1.34. The number of carbonyl (C=O) groups excluding carboxylic acids is 1. The number of primary amides is 1. The zero-order valence-corrected chi connectivity index (χ0v) is 9.07. The van der Waals surface area contributed by atoms with Crippen LogP contribution in [0.4, 0.5) is 0 Å². The molecular formula is C10H19N3O2. The van der Waals surface area contributed by atoms with Crippen LogP contribution in [0, 0.1) is 0 Å². The smallest absolute Gasteiger partial charge is 0.234 e. The standard InChI is InChI=1S/C10H19N3O2/c1-10(15)3-4-12-6-8(10)13-5-2-7(13)9(11)14/h7-8,12,15H,2-6H2,1H3,(H2,11,14). The van der Waals surface area contributed by atoms with E-state index in [9.17, 15) is 9.90 Å². The van der Waals surface area contributed by atoms with E-state index in [-0.39, 0.29) is 18.0 Å². The minimum atomic E-state index is -0.709. The monoisotopic (exact) mass is 213 g/mol. The van der Waals surface area contributed by atoms with Crippen molar-refractivity contribution < 1.29 is 9.90 Å². The Morgan fingerprint density at radius 1 is 1.67 bits per heavy atom. The molecule has 5 heteroatoms. The maximum Gasteiger partial charge on any atom is 0.234 e. The van der Waals surface area contributed by atoms with Gasteiger partial charge < -0.3 is 16.2 Å². The van der Waals surface area contributed by atoms with Crippen molar-refractivity contribution >= 4 is 5.91 Å². The molecule has 2 saturated heterocycles. The Labute approximate surface area is 89.6 Å². The van der Waals surface area contributed by atoms with Gasteiger partial charge in [0, 0.05) is 13.1 Å². The molecule has 2 aliphatic rings. The fraction of sp³-hybridized carbons (Fsp3) is 0.900. The van der Waals surface area contributed by atoms with Crippen LogP contribution in [0.2, 0.25) is 0 Å². The summed E-state index contributed by atoms with van der Waals surface area (Å²) in [6.45, 7) is 4.26. The first-order chi connectivity index (χ1) is 7.02. The van der Waals surface area contributed by atoms with Crippen LogP contribution in [0.5, 0.6) is 0 Å². The molecule has 0 aromatic carbocycles. The number of hydrogen-bond donors (Lipinski definition) is 3. The summed E-state index contributed by atoms with van der Waals surface area (Å²) in [5.74, 6) is -0.275. The summed E-state index contributed by atoms with van der Waals surface area (Å²) in [4.78, 5) is 13.1. The van der Waals surface area contributed by atoms with Crippen molar-refractivity contribution in [1.82, 2.24) is 10.2 Å². The van der Waals surface area contributed by atoms with E-state index in [1.807, 2.05) is 11.8 Å². The minimum absolute atomic E-state index is 0.0116. The van der Waals surface area contributed by atoms with Gasteiger partial charge in [-0.3, -0.25) is 9.69 Å². The van der Waals surface area contributed by atoms with Crippen molar-refractivity contribution in [3.05, 3.63) is 0 Å². The van der Waals surface area contributed by atoms with Crippen LogP contribution in [0.3, 0.4) is 0 Å². The summed E-state index contributed by atoms with van der Waals surface area (Å²) < 4.78 is 0. The molecule has 86 valence electrons. The quantitative estimate of drug-likeness (QED) is 0.530. The van der Waals surface area contributed by atoms with Crippen LogP contribution in [0.1, 0.15) is 19.8 Å². The van der Waals surface area contributed by atoms with Gasteiger partial charge in [-0.1, -0.05) is 0 Å². The van der Waals surface area contributed by atoms with Gasteiger partial charge in [0.1, 0.15) is 0 Å². The number of nitrogens with zero attached hydrogens (tertiary/aromatic N) is 1. The van der Waals surface area contributed by atoms with Gasteiger partial charge in [-0.2, -0.15) is 0 Å². The Kier molecular flexibility index (Phi) is 2.70. The summed E-state index contributed by atoms with van der Waals surface area (Å²) in [6.07, 6.45) is 1.54. The first kappa shape index (κ1) is 10.9. The SMILES string of the molecule is CC1(O)CCNCC1N1CCC1C(N)=O. The number of likely N-dealkylation sites (tertiary alicyclic amines) is 1. The van der Waals surface area contributed by atoms with E-state index in [1.165, 1.54) is 0 Å². The maximum absolute atomic E-state index is 11.1. The van der Waals surface area contributed by atoms with Gasteiger partial charge in [0.2, 0.25) is 5.91 Å². The molecule has 2 fully saturated rings. The van der Waals surface area contributed by atoms with Crippen LogP contribution in [0.25, 0.3) is 0 Å². The molecule has 1 amide bonds. The topological polar surface area (TPSA) is 78.6 Å². The Morgan fingerprint density at radius 2 is 2.40 bits per heavy atom. The Balaban J connectivity index is 2.06. The van der Waals surface area contributed by atoms with Crippen molar-refractivity contribution in [2.75, 3.05) is 19.6 Å². The summed E-state index contributed by atoms with van der Waals surface area (Å²) in [5, 5.41) is 13.5. The van der Waals surface area contributed by atoms with Gasteiger partial charge in [0.25, 0.3) is 0 Å². The van der Waals surface area contributed by atoms with E-state index < -0.39 is 5.60 Å². The zero-order chi connectivity index (χ0) is 11.1. The molecule has 0 aromatic rings. The first-order valence-electron chi connectivity index (χ1n) is 5.50. The van der Waals surface area contributed by atoms with Crippen LogP contribution in [0.15, 0.2) is 0 Å². The number of aliphatic hydroxyl groups is 1. The highest BCUT2D eigenvalue weighted by Gasteiger charge is 2.45. The van der Waals surface area contributed by atoms with Gasteiger partial charge in [-0.05, 0) is 26.3 Å². The zero-order valence-electron chi connectivity index (χ0n) is 9.07. The lowest BCUT2D eigenvalue weighted by molar-refractivity contribution is -0.138. The van der Waals surface area contributed by atoms with Crippen LogP contribution < -0.4 is 11.1 Å². The molecular weight excluding hydrogens is 194 g/mol. The second kappa shape index (κ2) is 3.73. The molecule has 3 atom stereocenters. The highest BCUT2D eigenvalue weighted by molar-refractivity contribution is 5.80. The molecule has 4 N–H and O–H groups in total. The second-order valence-corrected chi connectivity index (χ2v) is 4.77. The highest BCUT2D eigenvalue weighted by Crippen LogP contribution is 2.29. The Morgan fingerprint density at radius 3 is 2.87 bits per heavy atom. The van der Waals surface area contributed by atoms with Gasteiger partial charge in [0.05, 0.1) is 17.7 Å². The fourth-order valence-corrected chi connectivity index (χ4v) is 2.53. The van der Waals surface area contributed by atoms with E-state index in [4.69, 9.17) is 5.73 Å². The molecule has 0 saturated carbocycles. The molecule has 0 aliphatic carbocycles. The molecule has 0 bridgehead atoms. The number of piperidine rings is 1. The van der Waals surface area contributed by atoms with Gasteiger partial charge >= 0.3 is 0 Å². The first-order valence-corrected chi connectivity index (χ1v) is 5.50. The number of rotatable bonds is 2. The Hall–Kier alpha value is -0.650. The molecule has 2 rings (SSSR count). The third-order valence-electron chi connectivity index (χ3n) is 3.65. The molecule has 5 nitrogen and oxygen atoms in total. The van der Waals surface area contributed by atoms with Crippen LogP contribution in [-0.4, -0.2) is 53.2 Å². The average molecular weight is 213 g/mol. The van der Waals surface area contributed by atoms with E-state index in [1.54, 1.807) is 0 Å². The van der Waals surface area contributed by atoms with E-state index in [0.29, 0.717) is 0 Å². The Bertz CT molecular complexity index is 267. The van der Waals surface area contributed by atoms with E-state index >= 15 is 0 Å².